The lowest BCUT2D eigenvalue weighted by atomic mass is 9.95. The summed E-state index contributed by atoms with van der Waals surface area (Å²) in [6.45, 7) is -0.148. The number of carboxylic acids is 1. The van der Waals surface area contributed by atoms with Crippen molar-refractivity contribution in [2.75, 3.05) is 0 Å². The predicted octanol–water partition coefficient (Wildman–Crippen LogP) is 2.08. The second-order valence-electron chi connectivity index (χ2n) is 4.94. The number of carboxylic acid groups (broad SMARTS) is 1. The fraction of sp³-hybridized carbons (Fsp3) is 0.429. The summed E-state index contributed by atoms with van der Waals surface area (Å²) in [5.74, 6) is -3.87. The van der Waals surface area contributed by atoms with Gasteiger partial charge in [-0.3, -0.25) is 9.59 Å². The number of aliphatic carboxylic acids is 1. The molecule has 0 saturated heterocycles. The van der Waals surface area contributed by atoms with Crippen LogP contribution >= 0.6 is 0 Å². The summed E-state index contributed by atoms with van der Waals surface area (Å²) in [7, 11) is 0. The number of hydrogen-bond acceptors (Lipinski definition) is 2. The highest BCUT2D eigenvalue weighted by Gasteiger charge is 2.37. The Labute approximate surface area is 114 Å². The number of rotatable bonds is 4. The lowest BCUT2D eigenvalue weighted by Crippen LogP contribution is -2.35. The molecule has 2 rings (SSSR count). The van der Waals surface area contributed by atoms with Gasteiger partial charge in [-0.25, -0.2) is 8.78 Å². The molecule has 1 aliphatic carbocycles. The van der Waals surface area contributed by atoms with Gasteiger partial charge in [0, 0.05) is 12.1 Å². The molecule has 2 atom stereocenters. The predicted molar refractivity (Wildman–Crippen MR) is 66.7 cm³/mol. The Morgan fingerprint density at radius 1 is 1.25 bits per heavy atom. The van der Waals surface area contributed by atoms with Crippen molar-refractivity contribution in [1.29, 1.82) is 0 Å². The van der Waals surface area contributed by atoms with Crippen LogP contribution in [0.3, 0.4) is 0 Å². The maximum Gasteiger partial charge on any atom is 0.307 e. The fourth-order valence-electron chi connectivity index (χ4n) is 2.56. The Bertz CT molecular complexity index is 533. The standard InChI is InChI=1S/C14H15F2NO3/c15-9-4-5-12(16)8(6-9)7-17-13(18)10-2-1-3-11(10)14(19)20/h4-6,10-11H,1-3,7H2,(H,17,18)(H,19,20). The van der Waals surface area contributed by atoms with E-state index in [9.17, 15) is 18.4 Å². The van der Waals surface area contributed by atoms with E-state index in [4.69, 9.17) is 5.11 Å². The van der Waals surface area contributed by atoms with Gasteiger partial charge < -0.3 is 10.4 Å². The van der Waals surface area contributed by atoms with Gasteiger partial charge in [-0.1, -0.05) is 6.42 Å². The van der Waals surface area contributed by atoms with Gasteiger partial charge in [-0.2, -0.15) is 0 Å². The van der Waals surface area contributed by atoms with E-state index in [1.165, 1.54) is 0 Å². The van der Waals surface area contributed by atoms with Crippen molar-refractivity contribution in [2.45, 2.75) is 25.8 Å². The average molecular weight is 283 g/mol. The van der Waals surface area contributed by atoms with Crippen molar-refractivity contribution < 1.29 is 23.5 Å². The van der Waals surface area contributed by atoms with Gasteiger partial charge in [0.25, 0.3) is 0 Å². The summed E-state index contributed by atoms with van der Waals surface area (Å²) in [5, 5.41) is 11.5. The van der Waals surface area contributed by atoms with Crippen molar-refractivity contribution in [1.82, 2.24) is 5.32 Å². The third kappa shape index (κ3) is 3.12. The lowest BCUT2D eigenvalue weighted by Gasteiger charge is -2.15. The van der Waals surface area contributed by atoms with Crippen LogP contribution in [0.4, 0.5) is 8.78 Å². The quantitative estimate of drug-likeness (QED) is 0.889. The summed E-state index contributed by atoms with van der Waals surface area (Å²) in [6.07, 6.45) is 1.67. The van der Waals surface area contributed by atoms with E-state index < -0.39 is 35.3 Å². The van der Waals surface area contributed by atoms with Crippen LogP contribution in [0.5, 0.6) is 0 Å². The number of carbonyl (C=O) groups excluding carboxylic acids is 1. The van der Waals surface area contributed by atoms with Crippen molar-refractivity contribution in [3.05, 3.63) is 35.4 Å². The molecule has 2 unspecified atom stereocenters. The first-order valence-corrected chi connectivity index (χ1v) is 6.43. The number of benzene rings is 1. The topological polar surface area (TPSA) is 66.4 Å². The third-order valence-electron chi connectivity index (χ3n) is 3.63. The first-order valence-electron chi connectivity index (χ1n) is 6.43. The van der Waals surface area contributed by atoms with Crippen molar-refractivity contribution in [3.63, 3.8) is 0 Å². The molecule has 1 saturated carbocycles. The van der Waals surface area contributed by atoms with Gasteiger partial charge in [-0.05, 0) is 31.0 Å². The molecule has 0 spiro atoms. The highest BCUT2D eigenvalue weighted by molar-refractivity contribution is 5.85. The zero-order valence-electron chi connectivity index (χ0n) is 10.7. The molecule has 1 fully saturated rings. The van der Waals surface area contributed by atoms with E-state index in [-0.39, 0.29) is 12.1 Å². The maximum atomic E-state index is 13.4. The van der Waals surface area contributed by atoms with E-state index in [0.29, 0.717) is 19.3 Å². The van der Waals surface area contributed by atoms with Crippen LogP contribution < -0.4 is 5.32 Å². The number of carbonyl (C=O) groups is 2. The largest absolute Gasteiger partial charge is 0.481 e. The number of amides is 1. The first kappa shape index (κ1) is 14.4. The van der Waals surface area contributed by atoms with E-state index in [1.807, 2.05) is 0 Å². The van der Waals surface area contributed by atoms with E-state index in [0.717, 1.165) is 18.2 Å². The second kappa shape index (κ2) is 5.98. The van der Waals surface area contributed by atoms with Crippen LogP contribution in [0.15, 0.2) is 18.2 Å². The Balaban J connectivity index is 1.98. The highest BCUT2D eigenvalue weighted by atomic mass is 19.1. The normalized spacial score (nSPS) is 21.7. The third-order valence-corrected chi connectivity index (χ3v) is 3.63. The monoisotopic (exact) mass is 283 g/mol. The summed E-state index contributed by atoms with van der Waals surface area (Å²) in [6, 6.07) is 3.00. The van der Waals surface area contributed by atoms with Gasteiger partial charge >= 0.3 is 5.97 Å². The van der Waals surface area contributed by atoms with Gasteiger partial charge in [0.2, 0.25) is 5.91 Å². The van der Waals surface area contributed by atoms with Crippen LogP contribution in [-0.2, 0) is 16.1 Å². The van der Waals surface area contributed by atoms with Gasteiger partial charge in [0.15, 0.2) is 0 Å². The second-order valence-corrected chi connectivity index (χ2v) is 4.94. The van der Waals surface area contributed by atoms with Crippen molar-refractivity contribution >= 4 is 11.9 Å². The number of hydrogen-bond donors (Lipinski definition) is 2. The molecule has 20 heavy (non-hydrogen) atoms. The zero-order chi connectivity index (χ0) is 14.7. The molecule has 108 valence electrons. The maximum absolute atomic E-state index is 13.4. The molecule has 0 heterocycles. The summed E-state index contributed by atoms with van der Waals surface area (Å²) in [5.41, 5.74) is 0.0446. The minimum atomic E-state index is -0.986. The van der Waals surface area contributed by atoms with Crippen LogP contribution in [-0.4, -0.2) is 17.0 Å². The minimum Gasteiger partial charge on any atom is -0.481 e. The molecule has 1 aromatic rings. The van der Waals surface area contributed by atoms with E-state index in [1.54, 1.807) is 0 Å². The minimum absolute atomic E-state index is 0.0446. The van der Waals surface area contributed by atoms with Gasteiger partial charge in [-0.15, -0.1) is 0 Å². The molecule has 0 radical (unpaired) electrons. The average Bonchev–Trinajstić information content (AvgIpc) is 2.89. The van der Waals surface area contributed by atoms with Crippen molar-refractivity contribution in [3.8, 4) is 0 Å². The molecular formula is C14H15F2NO3. The molecule has 1 aliphatic rings. The molecule has 0 bridgehead atoms. The smallest absolute Gasteiger partial charge is 0.307 e. The Kier molecular flexibility index (Phi) is 4.32. The molecule has 2 N–H and O–H groups in total. The summed E-state index contributed by atoms with van der Waals surface area (Å²) >= 11 is 0. The molecule has 4 nitrogen and oxygen atoms in total. The van der Waals surface area contributed by atoms with Crippen LogP contribution in [0.2, 0.25) is 0 Å². The van der Waals surface area contributed by atoms with Crippen molar-refractivity contribution in [2.24, 2.45) is 11.8 Å². The lowest BCUT2D eigenvalue weighted by molar-refractivity contribution is -0.146. The van der Waals surface area contributed by atoms with Crippen LogP contribution in [0.1, 0.15) is 24.8 Å². The Morgan fingerprint density at radius 3 is 2.65 bits per heavy atom. The molecule has 1 aromatic carbocycles. The van der Waals surface area contributed by atoms with Crippen LogP contribution in [0.25, 0.3) is 0 Å². The van der Waals surface area contributed by atoms with E-state index >= 15 is 0 Å². The molecule has 1 amide bonds. The molecule has 0 aromatic heterocycles. The molecule has 6 heteroatoms. The van der Waals surface area contributed by atoms with E-state index in [2.05, 4.69) is 5.32 Å². The Hall–Kier alpha value is -1.98. The summed E-state index contributed by atoms with van der Waals surface area (Å²) in [4.78, 5) is 22.9. The Morgan fingerprint density at radius 2 is 1.95 bits per heavy atom. The zero-order valence-corrected chi connectivity index (χ0v) is 10.7. The number of halogens is 2. The molecular weight excluding hydrogens is 268 g/mol. The first-order chi connectivity index (χ1) is 9.49. The highest BCUT2D eigenvalue weighted by Crippen LogP contribution is 2.32. The molecule has 0 aliphatic heterocycles. The van der Waals surface area contributed by atoms with Gasteiger partial charge in [0.1, 0.15) is 11.6 Å². The van der Waals surface area contributed by atoms with Crippen LogP contribution in [0, 0.1) is 23.5 Å². The van der Waals surface area contributed by atoms with Gasteiger partial charge in [0.05, 0.1) is 11.8 Å². The summed E-state index contributed by atoms with van der Waals surface area (Å²) < 4.78 is 26.4. The fourth-order valence-corrected chi connectivity index (χ4v) is 2.56. The number of nitrogens with one attached hydrogen (secondary N) is 1. The SMILES string of the molecule is O=C(O)C1CCCC1C(=O)NCc1cc(F)ccc1F.